The topological polar surface area (TPSA) is 48.0 Å². The Balaban J connectivity index is 1.45. The molecule has 4 rings (SSSR count). The van der Waals surface area contributed by atoms with Gasteiger partial charge in [-0.25, -0.2) is 0 Å². The van der Waals surface area contributed by atoms with Crippen LogP contribution in [-0.4, -0.2) is 49.8 Å². The monoisotopic (exact) mass is 331 g/mol. The van der Waals surface area contributed by atoms with Gasteiger partial charge in [-0.15, -0.1) is 0 Å². The van der Waals surface area contributed by atoms with Crippen molar-refractivity contribution in [1.29, 1.82) is 0 Å². The zero-order chi connectivity index (χ0) is 16.6. The Morgan fingerprint density at radius 3 is 2.96 bits per heavy atom. The third-order valence-corrected chi connectivity index (χ3v) is 5.60. The van der Waals surface area contributed by atoms with E-state index in [1.165, 1.54) is 12.8 Å². The lowest BCUT2D eigenvalue weighted by Crippen LogP contribution is -2.54. The maximum Gasteiger partial charge on any atom is 0.229 e. The highest BCUT2D eigenvalue weighted by Gasteiger charge is 2.42. The predicted molar refractivity (Wildman–Crippen MR) is 89.4 cm³/mol. The van der Waals surface area contributed by atoms with Crippen molar-refractivity contribution in [3.05, 3.63) is 23.8 Å². The molecule has 24 heavy (non-hydrogen) atoms. The van der Waals surface area contributed by atoms with E-state index >= 15 is 0 Å². The Morgan fingerprint density at radius 1 is 1.33 bits per heavy atom. The van der Waals surface area contributed by atoms with Crippen molar-refractivity contribution in [2.24, 2.45) is 5.92 Å². The quantitative estimate of drug-likeness (QED) is 0.835. The Kier molecular flexibility index (Phi) is 4.12. The summed E-state index contributed by atoms with van der Waals surface area (Å²) in [7, 11) is 1.65. The molecule has 5 nitrogen and oxygen atoms in total. The van der Waals surface area contributed by atoms with Crippen LogP contribution in [0, 0.1) is 5.92 Å². The second kappa shape index (κ2) is 6.28. The first-order chi connectivity index (χ1) is 11.7. The van der Waals surface area contributed by atoms with Crippen molar-refractivity contribution < 1.29 is 19.0 Å². The summed E-state index contributed by atoms with van der Waals surface area (Å²) in [4.78, 5) is 15.0. The molecule has 0 N–H and O–H groups in total. The van der Waals surface area contributed by atoms with E-state index in [1.807, 2.05) is 23.1 Å². The van der Waals surface area contributed by atoms with Crippen LogP contribution in [0.15, 0.2) is 18.2 Å². The van der Waals surface area contributed by atoms with Gasteiger partial charge in [0.25, 0.3) is 0 Å². The van der Waals surface area contributed by atoms with Gasteiger partial charge in [0.1, 0.15) is 18.1 Å². The zero-order valence-electron chi connectivity index (χ0n) is 14.3. The molecule has 3 aliphatic rings. The van der Waals surface area contributed by atoms with Gasteiger partial charge in [0.2, 0.25) is 5.91 Å². The summed E-state index contributed by atoms with van der Waals surface area (Å²) in [5.41, 5.74) is 1.01. The van der Waals surface area contributed by atoms with E-state index in [2.05, 4.69) is 0 Å². The van der Waals surface area contributed by atoms with Gasteiger partial charge in [-0.3, -0.25) is 4.79 Å². The molecule has 1 aromatic rings. The molecular weight excluding hydrogens is 306 g/mol. The number of ether oxygens (including phenoxy) is 3. The number of nitrogens with zero attached hydrogens (tertiary/aromatic N) is 1. The first kappa shape index (κ1) is 15.8. The number of morpholine rings is 1. The smallest absolute Gasteiger partial charge is 0.229 e. The summed E-state index contributed by atoms with van der Waals surface area (Å²) in [5, 5.41) is 0. The van der Waals surface area contributed by atoms with Crippen LogP contribution < -0.4 is 9.47 Å². The summed E-state index contributed by atoms with van der Waals surface area (Å²) in [6, 6.07) is 5.83. The fraction of sp³-hybridized carbons (Fsp3) is 0.632. The second-order valence-electron chi connectivity index (χ2n) is 7.18. The van der Waals surface area contributed by atoms with E-state index in [0.717, 1.165) is 42.9 Å². The summed E-state index contributed by atoms with van der Waals surface area (Å²) in [6.07, 6.45) is 5.33. The Bertz CT molecular complexity index is 624. The fourth-order valence-electron chi connectivity index (χ4n) is 4.25. The first-order valence-electron chi connectivity index (χ1n) is 8.92. The molecule has 1 atom stereocenters. The van der Waals surface area contributed by atoms with E-state index < -0.39 is 0 Å². The van der Waals surface area contributed by atoms with Crippen LogP contribution in [-0.2, 0) is 16.0 Å². The number of amides is 1. The molecule has 2 fully saturated rings. The Hall–Kier alpha value is -1.75. The molecule has 1 aromatic carbocycles. The SMILES string of the molecule is COc1ccc2c(c1)OC[C@@H](C(=O)N1CCOC3(CCCC3)C1)C2. The van der Waals surface area contributed by atoms with Gasteiger partial charge in [0, 0.05) is 19.2 Å². The molecule has 1 aliphatic carbocycles. The van der Waals surface area contributed by atoms with Gasteiger partial charge in [-0.1, -0.05) is 18.9 Å². The molecule has 1 spiro atoms. The normalized spacial score (nSPS) is 25.2. The number of hydrogen-bond acceptors (Lipinski definition) is 4. The van der Waals surface area contributed by atoms with E-state index in [9.17, 15) is 4.79 Å². The maximum absolute atomic E-state index is 13.0. The average molecular weight is 331 g/mol. The Labute approximate surface area is 142 Å². The van der Waals surface area contributed by atoms with Crippen LogP contribution in [0.5, 0.6) is 11.5 Å². The molecule has 5 heteroatoms. The second-order valence-corrected chi connectivity index (χ2v) is 7.18. The molecule has 2 heterocycles. The fourth-order valence-corrected chi connectivity index (χ4v) is 4.25. The van der Waals surface area contributed by atoms with Gasteiger partial charge in [0.05, 0.1) is 25.2 Å². The lowest BCUT2D eigenvalue weighted by Gasteiger charge is -2.42. The van der Waals surface area contributed by atoms with E-state index in [4.69, 9.17) is 14.2 Å². The average Bonchev–Trinajstić information content (AvgIpc) is 3.07. The molecule has 1 saturated carbocycles. The molecular formula is C19H25NO4. The van der Waals surface area contributed by atoms with E-state index in [0.29, 0.717) is 19.8 Å². The van der Waals surface area contributed by atoms with Crippen LogP contribution in [0.4, 0.5) is 0 Å². The van der Waals surface area contributed by atoms with Gasteiger partial charge in [-0.2, -0.15) is 0 Å². The zero-order valence-corrected chi connectivity index (χ0v) is 14.3. The largest absolute Gasteiger partial charge is 0.497 e. The summed E-state index contributed by atoms with van der Waals surface area (Å²) >= 11 is 0. The van der Waals surface area contributed by atoms with Crippen LogP contribution in [0.25, 0.3) is 0 Å². The maximum atomic E-state index is 13.0. The Morgan fingerprint density at radius 2 is 2.17 bits per heavy atom. The number of hydrogen-bond donors (Lipinski definition) is 0. The van der Waals surface area contributed by atoms with Gasteiger partial charge in [-0.05, 0) is 30.9 Å². The molecule has 0 bridgehead atoms. The van der Waals surface area contributed by atoms with Crippen molar-refractivity contribution in [3.63, 3.8) is 0 Å². The third-order valence-electron chi connectivity index (χ3n) is 5.60. The van der Waals surface area contributed by atoms with Crippen LogP contribution in [0.3, 0.4) is 0 Å². The van der Waals surface area contributed by atoms with Crippen molar-refractivity contribution in [3.8, 4) is 11.5 Å². The van der Waals surface area contributed by atoms with E-state index in [-0.39, 0.29) is 17.4 Å². The number of benzene rings is 1. The lowest BCUT2D eigenvalue weighted by atomic mass is 9.93. The number of fused-ring (bicyclic) bond motifs is 1. The van der Waals surface area contributed by atoms with Crippen LogP contribution >= 0.6 is 0 Å². The minimum atomic E-state index is -0.0950. The number of carbonyl (C=O) groups excluding carboxylic acids is 1. The molecule has 130 valence electrons. The molecule has 0 unspecified atom stereocenters. The highest BCUT2D eigenvalue weighted by molar-refractivity contribution is 5.80. The number of methoxy groups -OCH3 is 1. The summed E-state index contributed by atoms with van der Waals surface area (Å²) < 4.78 is 17.1. The minimum absolute atomic E-state index is 0.0747. The highest BCUT2D eigenvalue weighted by Crippen LogP contribution is 2.37. The summed E-state index contributed by atoms with van der Waals surface area (Å²) in [5.74, 6) is 1.75. The van der Waals surface area contributed by atoms with Crippen molar-refractivity contribution in [2.45, 2.75) is 37.7 Å². The van der Waals surface area contributed by atoms with Crippen LogP contribution in [0.2, 0.25) is 0 Å². The lowest BCUT2D eigenvalue weighted by molar-refractivity contribution is -0.154. The van der Waals surface area contributed by atoms with Gasteiger partial charge >= 0.3 is 0 Å². The van der Waals surface area contributed by atoms with E-state index in [1.54, 1.807) is 7.11 Å². The van der Waals surface area contributed by atoms with Gasteiger partial charge < -0.3 is 19.1 Å². The van der Waals surface area contributed by atoms with Crippen molar-refractivity contribution >= 4 is 5.91 Å². The number of carbonyl (C=O) groups is 1. The first-order valence-corrected chi connectivity index (χ1v) is 8.92. The molecule has 0 radical (unpaired) electrons. The molecule has 1 amide bonds. The third kappa shape index (κ3) is 2.86. The van der Waals surface area contributed by atoms with Crippen LogP contribution in [0.1, 0.15) is 31.2 Å². The predicted octanol–water partition coefficient (Wildman–Crippen LogP) is 2.42. The van der Waals surface area contributed by atoms with Gasteiger partial charge in [0.15, 0.2) is 0 Å². The minimum Gasteiger partial charge on any atom is -0.497 e. The van der Waals surface area contributed by atoms with Crippen molar-refractivity contribution in [1.82, 2.24) is 4.90 Å². The standard InChI is InChI=1S/C19H25NO4/c1-22-16-5-4-14-10-15(12-23-17(14)11-16)18(21)20-8-9-24-19(13-20)6-2-3-7-19/h4-5,11,15H,2-3,6-10,12-13H2,1H3/t15-/m0/s1. The molecule has 0 aromatic heterocycles. The highest BCUT2D eigenvalue weighted by atomic mass is 16.5. The number of rotatable bonds is 2. The molecule has 1 saturated heterocycles. The van der Waals surface area contributed by atoms with Crippen molar-refractivity contribution in [2.75, 3.05) is 33.4 Å². The molecule has 2 aliphatic heterocycles. The summed E-state index contributed by atoms with van der Waals surface area (Å²) in [6.45, 7) is 2.56.